The van der Waals surface area contributed by atoms with Gasteiger partial charge in [-0.05, 0) is 25.7 Å². The van der Waals surface area contributed by atoms with Gasteiger partial charge in [-0.25, -0.2) is 0 Å². The summed E-state index contributed by atoms with van der Waals surface area (Å²) in [6.45, 7) is 2.06. The van der Waals surface area contributed by atoms with Crippen molar-refractivity contribution in [2.45, 2.75) is 31.8 Å². The highest BCUT2D eigenvalue weighted by molar-refractivity contribution is 5.99. The van der Waals surface area contributed by atoms with Crippen molar-refractivity contribution in [2.24, 2.45) is 0 Å². The Hall–Kier alpha value is -0.810. The van der Waals surface area contributed by atoms with Crippen LogP contribution >= 0.6 is 0 Å². The zero-order chi connectivity index (χ0) is 7.56. The van der Waals surface area contributed by atoms with Gasteiger partial charge in [0.05, 0.1) is 6.04 Å². The molecule has 0 saturated carbocycles. The molecule has 0 aliphatic carbocycles. The van der Waals surface area contributed by atoms with Gasteiger partial charge < -0.3 is 5.32 Å². The molecule has 0 bridgehead atoms. The van der Waals surface area contributed by atoms with E-state index in [2.05, 4.69) is 18.2 Å². The molecule has 10 heavy (non-hydrogen) atoms. The number of Topliss-reactive ketones (excluding diaryl/α,β-unsaturated/α-hetero) is 1. The van der Waals surface area contributed by atoms with E-state index in [-0.39, 0.29) is 11.8 Å². The molecule has 0 aromatic heterocycles. The highest BCUT2D eigenvalue weighted by Gasteiger charge is 2.24. The Bertz CT molecular complexity index is 180. The van der Waals surface area contributed by atoms with Gasteiger partial charge in [0.2, 0.25) is 5.78 Å². The molecule has 0 radical (unpaired) electrons. The van der Waals surface area contributed by atoms with Crippen LogP contribution in [0.1, 0.15) is 19.8 Å². The number of rotatable bonds is 1. The maximum Gasteiger partial charge on any atom is 0.222 e. The van der Waals surface area contributed by atoms with Gasteiger partial charge in [-0.1, -0.05) is 0 Å². The number of nitrogens with one attached hydrogen (secondary N) is 1. The topological polar surface area (TPSA) is 29.1 Å². The fraction of sp³-hybridized carbons (Fsp3) is 0.625. The smallest absolute Gasteiger partial charge is 0.222 e. The monoisotopic (exact) mass is 137 g/mol. The van der Waals surface area contributed by atoms with Crippen molar-refractivity contribution in [2.75, 3.05) is 0 Å². The fourth-order valence-corrected chi connectivity index (χ4v) is 1.23. The van der Waals surface area contributed by atoms with Crippen molar-refractivity contribution in [1.29, 1.82) is 0 Å². The summed E-state index contributed by atoms with van der Waals surface area (Å²) in [5.74, 6) is 2.02. The van der Waals surface area contributed by atoms with Crippen LogP contribution in [0.4, 0.5) is 0 Å². The molecule has 0 spiro atoms. The molecule has 54 valence electrons. The van der Waals surface area contributed by atoms with Crippen LogP contribution in [0, 0.1) is 12.3 Å². The molecule has 1 N–H and O–H groups in total. The molecular formula is C8H11NO. The van der Waals surface area contributed by atoms with Crippen molar-refractivity contribution < 1.29 is 4.79 Å². The predicted octanol–water partition coefficient (Wildman–Crippen LogP) is 0.329. The summed E-state index contributed by atoms with van der Waals surface area (Å²) < 4.78 is 0. The molecule has 1 fully saturated rings. The number of terminal acetylenes is 1. The summed E-state index contributed by atoms with van der Waals surface area (Å²) in [5, 5.41) is 3.11. The zero-order valence-corrected chi connectivity index (χ0v) is 6.05. The first kappa shape index (κ1) is 7.30. The Labute approximate surface area is 61.0 Å². The maximum absolute atomic E-state index is 10.9. The van der Waals surface area contributed by atoms with Crippen LogP contribution in [0.3, 0.4) is 0 Å². The molecule has 2 nitrogen and oxygen atoms in total. The van der Waals surface area contributed by atoms with Crippen molar-refractivity contribution >= 4 is 5.78 Å². The normalized spacial score (nSPS) is 31.6. The van der Waals surface area contributed by atoms with E-state index in [0.717, 1.165) is 12.8 Å². The summed E-state index contributed by atoms with van der Waals surface area (Å²) in [6.07, 6.45) is 6.90. The molecule has 2 unspecified atom stereocenters. The van der Waals surface area contributed by atoms with Crippen LogP contribution in [0.15, 0.2) is 0 Å². The SMILES string of the molecule is C#CC(=O)C1CCC(C)N1. The minimum absolute atomic E-state index is 0.0694. The Balaban J connectivity index is 2.47. The lowest BCUT2D eigenvalue weighted by Gasteiger charge is -2.04. The third-order valence-corrected chi connectivity index (χ3v) is 1.83. The quantitative estimate of drug-likeness (QED) is 0.417. The van der Waals surface area contributed by atoms with Crippen LogP contribution in [-0.2, 0) is 4.79 Å². The van der Waals surface area contributed by atoms with Crippen molar-refractivity contribution in [1.82, 2.24) is 5.32 Å². The lowest BCUT2D eigenvalue weighted by atomic mass is 10.1. The van der Waals surface area contributed by atoms with E-state index in [9.17, 15) is 4.79 Å². The number of carbonyl (C=O) groups excluding carboxylic acids is 1. The lowest BCUT2D eigenvalue weighted by Crippen LogP contribution is -2.33. The second kappa shape index (κ2) is 2.85. The maximum atomic E-state index is 10.9. The van der Waals surface area contributed by atoms with E-state index in [1.165, 1.54) is 0 Å². The minimum atomic E-state index is -0.107. The number of ketones is 1. The molecule has 1 rings (SSSR count). The van der Waals surface area contributed by atoms with Crippen molar-refractivity contribution in [3.63, 3.8) is 0 Å². The van der Waals surface area contributed by atoms with Gasteiger partial charge in [-0.2, -0.15) is 0 Å². The Morgan fingerprint density at radius 2 is 2.40 bits per heavy atom. The summed E-state index contributed by atoms with van der Waals surface area (Å²) in [5.41, 5.74) is 0. The number of carbonyl (C=O) groups is 1. The van der Waals surface area contributed by atoms with Gasteiger partial charge in [-0.15, -0.1) is 6.42 Å². The van der Waals surface area contributed by atoms with Crippen molar-refractivity contribution in [3.8, 4) is 12.3 Å². The second-order valence-corrected chi connectivity index (χ2v) is 2.71. The first-order valence-electron chi connectivity index (χ1n) is 3.50. The molecule has 0 aromatic carbocycles. The predicted molar refractivity (Wildman–Crippen MR) is 39.5 cm³/mol. The van der Waals surface area contributed by atoms with Crippen LogP contribution in [-0.4, -0.2) is 17.9 Å². The van der Waals surface area contributed by atoms with Gasteiger partial charge >= 0.3 is 0 Å². The van der Waals surface area contributed by atoms with Gasteiger partial charge in [0.1, 0.15) is 0 Å². The molecule has 2 heteroatoms. The van der Waals surface area contributed by atoms with E-state index < -0.39 is 0 Å². The molecule has 1 saturated heterocycles. The first-order valence-corrected chi connectivity index (χ1v) is 3.50. The molecule has 1 aliphatic heterocycles. The molecule has 1 heterocycles. The van der Waals surface area contributed by atoms with E-state index in [0.29, 0.717) is 6.04 Å². The summed E-state index contributed by atoms with van der Waals surface area (Å²) in [6, 6.07) is 0.377. The van der Waals surface area contributed by atoms with E-state index in [1.807, 2.05) is 0 Å². The fourth-order valence-electron chi connectivity index (χ4n) is 1.23. The largest absolute Gasteiger partial charge is 0.304 e. The van der Waals surface area contributed by atoms with Gasteiger partial charge in [-0.3, -0.25) is 4.79 Å². The standard InChI is InChI=1S/C8H11NO/c1-3-8(10)7-5-4-6(2)9-7/h1,6-7,9H,4-5H2,2H3. The minimum Gasteiger partial charge on any atom is -0.304 e. The van der Waals surface area contributed by atoms with Crippen LogP contribution in [0.2, 0.25) is 0 Å². The molecular weight excluding hydrogens is 126 g/mol. The van der Waals surface area contributed by atoms with E-state index in [1.54, 1.807) is 0 Å². The highest BCUT2D eigenvalue weighted by Crippen LogP contribution is 2.11. The average molecular weight is 137 g/mol. The third kappa shape index (κ3) is 1.37. The lowest BCUT2D eigenvalue weighted by molar-refractivity contribution is -0.115. The van der Waals surface area contributed by atoms with E-state index in [4.69, 9.17) is 6.42 Å². The van der Waals surface area contributed by atoms with E-state index >= 15 is 0 Å². The van der Waals surface area contributed by atoms with Crippen LogP contribution in [0.5, 0.6) is 0 Å². The molecule has 0 aromatic rings. The van der Waals surface area contributed by atoms with Crippen LogP contribution in [0.25, 0.3) is 0 Å². The summed E-state index contributed by atoms with van der Waals surface area (Å²) >= 11 is 0. The van der Waals surface area contributed by atoms with Crippen molar-refractivity contribution in [3.05, 3.63) is 0 Å². The summed E-state index contributed by atoms with van der Waals surface area (Å²) in [7, 11) is 0. The third-order valence-electron chi connectivity index (χ3n) is 1.83. The summed E-state index contributed by atoms with van der Waals surface area (Å²) in [4.78, 5) is 10.9. The number of hydrogen-bond acceptors (Lipinski definition) is 2. The molecule has 2 atom stereocenters. The zero-order valence-electron chi connectivity index (χ0n) is 6.05. The second-order valence-electron chi connectivity index (χ2n) is 2.71. The Kier molecular flexibility index (Phi) is 2.08. The van der Waals surface area contributed by atoms with Gasteiger partial charge in [0.15, 0.2) is 0 Å². The average Bonchev–Trinajstić information content (AvgIpc) is 2.34. The van der Waals surface area contributed by atoms with Gasteiger partial charge in [0, 0.05) is 6.04 Å². The first-order chi connectivity index (χ1) is 4.74. The Morgan fingerprint density at radius 3 is 2.80 bits per heavy atom. The van der Waals surface area contributed by atoms with Crippen LogP contribution < -0.4 is 5.32 Å². The Morgan fingerprint density at radius 1 is 1.70 bits per heavy atom. The number of hydrogen-bond donors (Lipinski definition) is 1. The van der Waals surface area contributed by atoms with Gasteiger partial charge in [0.25, 0.3) is 0 Å². The highest BCUT2D eigenvalue weighted by atomic mass is 16.1. The molecule has 0 amide bonds. The molecule has 1 aliphatic rings.